The molecule has 0 aliphatic carbocycles. The minimum atomic E-state index is -4.96. The largest absolute Gasteiger partial charge is 0.471 e. The molecule has 0 atom stereocenters. The molecule has 0 saturated carbocycles. The summed E-state index contributed by atoms with van der Waals surface area (Å²) >= 11 is 11.3. The number of alkyl halides is 3. The monoisotopic (exact) mass is 271 g/mol. The Labute approximate surface area is 99.3 Å². The maximum absolute atomic E-state index is 12.0. The first kappa shape index (κ1) is 13.1. The Morgan fingerprint density at radius 1 is 1.25 bits per heavy atom. The molecule has 1 rings (SSSR count). The van der Waals surface area contributed by atoms with Gasteiger partial charge in [0.05, 0.1) is 10.7 Å². The molecule has 7 heteroatoms. The van der Waals surface area contributed by atoms with Gasteiger partial charge < -0.3 is 5.32 Å². The van der Waals surface area contributed by atoms with E-state index in [0.29, 0.717) is 5.56 Å². The Bertz CT molecular complexity index is 431. The molecular weight excluding hydrogens is 266 g/mol. The summed E-state index contributed by atoms with van der Waals surface area (Å²) in [6.45, 7) is 1.64. The molecule has 0 unspecified atom stereocenters. The number of carbonyl (C=O) groups is 1. The Morgan fingerprint density at radius 2 is 1.81 bits per heavy atom. The van der Waals surface area contributed by atoms with Crippen molar-refractivity contribution in [2.45, 2.75) is 13.1 Å². The van der Waals surface area contributed by atoms with Crippen molar-refractivity contribution < 1.29 is 18.0 Å². The molecule has 1 aromatic carbocycles. The Kier molecular flexibility index (Phi) is 3.70. The summed E-state index contributed by atoms with van der Waals surface area (Å²) in [5.74, 6) is -2.09. The van der Waals surface area contributed by atoms with Crippen LogP contribution in [0, 0.1) is 6.92 Å². The van der Waals surface area contributed by atoms with Gasteiger partial charge in [0.15, 0.2) is 0 Å². The second-order valence-corrected chi connectivity index (χ2v) is 3.85. The van der Waals surface area contributed by atoms with Crippen molar-refractivity contribution in [3.63, 3.8) is 0 Å². The summed E-state index contributed by atoms with van der Waals surface area (Å²) in [6.07, 6.45) is -4.96. The van der Waals surface area contributed by atoms with Crippen LogP contribution in [0.5, 0.6) is 0 Å². The molecule has 88 valence electrons. The molecule has 16 heavy (non-hydrogen) atoms. The van der Waals surface area contributed by atoms with E-state index in [1.54, 1.807) is 12.2 Å². The molecule has 0 aliphatic rings. The number of carbonyl (C=O) groups excluding carboxylic acids is 1. The number of nitrogens with one attached hydrogen (secondary N) is 1. The van der Waals surface area contributed by atoms with Crippen molar-refractivity contribution >= 4 is 34.8 Å². The Morgan fingerprint density at radius 3 is 2.31 bits per heavy atom. The van der Waals surface area contributed by atoms with E-state index in [0.717, 1.165) is 0 Å². The zero-order valence-corrected chi connectivity index (χ0v) is 9.46. The molecule has 0 spiro atoms. The van der Waals surface area contributed by atoms with E-state index in [9.17, 15) is 18.0 Å². The first-order chi connectivity index (χ1) is 7.21. The molecular formula is C9H6Cl2F3NO. The molecule has 0 aliphatic heterocycles. The van der Waals surface area contributed by atoms with Crippen LogP contribution < -0.4 is 5.32 Å². The first-order valence-electron chi connectivity index (χ1n) is 4.05. The van der Waals surface area contributed by atoms with Crippen LogP contribution in [0.3, 0.4) is 0 Å². The van der Waals surface area contributed by atoms with Crippen molar-refractivity contribution in [2.75, 3.05) is 5.32 Å². The van der Waals surface area contributed by atoms with Crippen molar-refractivity contribution in [2.24, 2.45) is 0 Å². The lowest BCUT2D eigenvalue weighted by Gasteiger charge is -2.10. The Hall–Kier alpha value is -0.940. The number of amides is 1. The smallest absolute Gasteiger partial charge is 0.317 e. The highest BCUT2D eigenvalue weighted by Gasteiger charge is 2.38. The number of halogens is 5. The van der Waals surface area contributed by atoms with Crippen LogP contribution in [0.25, 0.3) is 0 Å². The molecule has 0 aromatic heterocycles. The molecule has 0 heterocycles. The standard InChI is InChI=1S/C9H6Cl2F3NO/c1-4-2-6(11)7(3-5(4)10)15-8(16)9(12,13)14/h2-3H,1H3,(H,15,16). The van der Waals surface area contributed by atoms with Gasteiger partial charge in [-0.25, -0.2) is 0 Å². The molecule has 0 radical (unpaired) electrons. The van der Waals surface area contributed by atoms with E-state index in [1.165, 1.54) is 12.1 Å². The van der Waals surface area contributed by atoms with Gasteiger partial charge in [-0.2, -0.15) is 13.2 Å². The van der Waals surface area contributed by atoms with Gasteiger partial charge in [-0.15, -0.1) is 0 Å². The van der Waals surface area contributed by atoms with Gasteiger partial charge in [0.25, 0.3) is 0 Å². The van der Waals surface area contributed by atoms with Crippen LogP contribution in [0.4, 0.5) is 18.9 Å². The minimum Gasteiger partial charge on any atom is -0.317 e. The zero-order valence-electron chi connectivity index (χ0n) is 7.95. The number of anilines is 1. The van der Waals surface area contributed by atoms with E-state index >= 15 is 0 Å². The molecule has 1 aromatic rings. The SMILES string of the molecule is Cc1cc(Cl)c(NC(=O)C(F)(F)F)cc1Cl. The van der Waals surface area contributed by atoms with Crippen LogP contribution in [0.2, 0.25) is 10.0 Å². The van der Waals surface area contributed by atoms with Gasteiger partial charge in [0.2, 0.25) is 0 Å². The van der Waals surface area contributed by atoms with Crippen molar-refractivity contribution in [1.29, 1.82) is 0 Å². The van der Waals surface area contributed by atoms with Crippen LogP contribution in [0.15, 0.2) is 12.1 Å². The number of benzene rings is 1. The van der Waals surface area contributed by atoms with E-state index in [-0.39, 0.29) is 15.7 Å². The first-order valence-corrected chi connectivity index (χ1v) is 4.81. The third kappa shape index (κ3) is 3.02. The fourth-order valence-corrected chi connectivity index (χ4v) is 1.36. The molecule has 0 saturated heterocycles. The van der Waals surface area contributed by atoms with Gasteiger partial charge in [-0.3, -0.25) is 4.79 Å². The predicted octanol–water partition coefficient (Wildman–Crippen LogP) is 3.80. The Balaban J connectivity index is 2.99. The molecule has 2 nitrogen and oxygen atoms in total. The lowest BCUT2D eigenvalue weighted by atomic mass is 10.2. The highest BCUT2D eigenvalue weighted by atomic mass is 35.5. The predicted molar refractivity (Wildman–Crippen MR) is 55.9 cm³/mol. The van der Waals surface area contributed by atoms with E-state index in [2.05, 4.69) is 0 Å². The topological polar surface area (TPSA) is 29.1 Å². The number of aryl methyl sites for hydroxylation is 1. The molecule has 0 fully saturated rings. The maximum atomic E-state index is 12.0. The summed E-state index contributed by atoms with van der Waals surface area (Å²) in [4.78, 5) is 10.6. The van der Waals surface area contributed by atoms with E-state index in [1.807, 2.05) is 0 Å². The maximum Gasteiger partial charge on any atom is 0.471 e. The van der Waals surface area contributed by atoms with E-state index < -0.39 is 12.1 Å². The third-order valence-electron chi connectivity index (χ3n) is 1.75. The number of hydrogen-bond donors (Lipinski definition) is 1. The van der Waals surface area contributed by atoms with Crippen molar-refractivity contribution in [1.82, 2.24) is 0 Å². The minimum absolute atomic E-state index is 0.000463. The highest BCUT2D eigenvalue weighted by molar-refractivity contribution is 6.36. The quantitative estimate of drug-likeness (QED) is 0.827. The summed E-state index contributed by atoms with van der Waals surface area (Å²) in [6, 6.07) is 2.54. The summed E-state index contributed by atoms with van der Waals surface area (Å²) in [7, 11) is 0. The molecule has 0 bridgehead atoms. The van der Waals surface area contributed by atoms with Gasteiger partial charge in [-0.1, -0.05) is 23.2 Å². The highest BCUT2D eigenvalue weighted by Crippen LogP contribution is 2.30. The summed E-state index contributed by atoms with van der Waals surface area (Å²) in [5.41, 5.74) is 0.441. The van der Waals surface area contributed by atoms with Crippen molar-refractivity contribution in [3.05, 3.63) is 27.7 Å². The molecule has 1 N–H and O–H groups in total. The van der Waals surface area contributed by atoms with Gasteiger partial charge in [-0.05, 0) is 24.6 Å². The average molecular weight is 272 g/mol. The number of hydrogen-bond acceptors (Lipinski definition) is 1. The normalized spacial score (nSPS) is 11.4. The third-order valence-corrected chi connectivity index (χ3v) is 2.47. The fraction of sp³-hybridized carbons (Fsp3) is 0.222. The fourth-order valence-electron chi connectivity index (χ4n) is 0.935. The van der Waals surface area contributed by atoms with Crippen LogP contribution in [0.1, 0.15) is 5.56 Å². The number of rotatable bonds is 1. The van der Waals surface area contributed by atoms with Gasteiger partial charge in [0, 0.05) is 5.02 Å². The van der Waals surface area contributed by atoms with Crippen LogP contribution in [-0.4, -0.2) is 12.1 Å². The average Bonchev–Trinajstić information content (AvgIpc) is 2.12. The zero-order chi connectivity index (χ0) is 12.5. The molecule has 1 amide bonds. The second kappa shape index (κ2) is 4.51. The lowest BCUT2D eigenvalue weighted by molar-refractivity contribution is -0.167. The van der Waals surface area contributed by atoms with Crippen molar-refractivity contribution in [3.8, 4) is 0 Å². The van der Waals surface area contributed by atoms with Gasteiger partial charge in [0.1, 0.15) is 0 Å². The van der Waals surface area contributed by atoms with Crippen LogP contribution >= 0.6 is 23.2 Å². The second-order valence-electron chi connectivity index (χ2n) is 3.03. The summed E-state index contributed by atoms with van der Waals surface area (Å²) in [5, 5.41) is 1.86. The van der Waals surface area contributed by atoms with Gasteiger partial charge >= 0.3 is 12.1 Å². The van der Waals surface area contributed by atoms with E-state index in [4.69, 9.17) is 23.2 Å². The van der Waals surface area contributed by atoms with Crippen LogP contribution in [-0.2, 0) is 4.79 Å². The summed E-state index contributed by atoms with van der Waals surface area (Å²) < 4.78 is 35.9. The lowest BCUT2D eigenvalue weighted by Crippen LogP contribution is -2.30.